The van der Waals surface area contributed by atoms with Gasteiger partial charge in [0.25, 0.3) is 0 Å². The quantitative estimate of drug-likeness (QED) is 0.681. The summed E-state index contributed by atoms with van der Waals surface area (Å²) in [7, 11) is 0. The summed E-state index contributed by atoms with van der Waals surface area (Å²) in [5, 5.41) is 0. The van der Waals surface area contributed by atoms with Crippen molar-refractivity contribution >= 4 is 0 Å². The maximum Gasteiger partial charge on any atom is 0.0956 e. The lowest BCUT2D eigenvalue weighted by Crippen LogP contribution is -2.24. The van der Waals surface area contributed by atoms with Crippen molar-refractivity contribution in [2.45, 2.75) is 45.8 Å². The number of aromatic nitrogens is 3. The molecule has 0 bridgehead atoms. The third-order valence-corrected chi connectivity index (χ3v) is 5.18. The van der Waals surface area contributed by atoms with Crippen molar-refractivity contribution in [1.82, 2.24) is 14.5 Å². The van der Waals surface area contributed by atoms with Gasteiger partial charge in [0, 0.05) is 35.3 Å². The molecule has 26 heavy (non-hydrogen) atoms. The molecule has 0 aliphatic carbocycles. The van der Waals surface area contributed by atoms with Gasteiger partial charge < -0.3 is 9.30 Å². The van der Waals surface area contributed by atoms with Crippen molar-refractivity contribution in [2.75, 3.05) is 6.61 Å². The Hall–Kier alpha value is -2.46. The van der Waals surface area contributed by atoms with Gasteiger partial charge in [0.05, 0.1) is 24.7 Å². The lowest BCUT2D eigenvalue weighted by atomic mass is 10.0. The molecule has 1 aliphatic heterocycles. The van der Waals surface area contributed by atoms with Crippen molar-refractivity contribution in [2.24, 2.45) is 0 Å². The van der Waals surface area contributed by atoms with Crippen LogP contribution in [0.3, 0.4) is 0 Å². The highest BCUT2D eigenvalue weighted by atomic mass is 16.5. The average Bonchev–Trinajstić information content (AvgIpc) is 3.04. The lowest BCUT2D eigenvalue weighted by molar-refractivity contribution is 0.00569. The molecule has 1 aromatic carbocycles. The molecule has 0 saturated carbocycles. The standard InChI is InChI=1S/C22H25N3O/c1-16-6-7-20(13-23-16)18-8-10-19(11-9-18)22-17(2)25(15-24-22)14-21-5-3-4-12-26-21/h6-11,13,15,21H,3-5,12,14H2,1-2H3. The molecule has 1 aliphatic rings. The smallest absolute Gasteiger partial charge is 0.0956 e. The Labute approximate surface area is 154 Å². The fraction of sp³-hybridized carbons (Fsp3) is 0.364. The normalized spacial score (nSPS) is 17.4. The molecule has 3 heterocycles. The summed E-state index contributed by atoms with van der Waals surface area (Å²) in [6.07, 6.45) is 7.79. The third-order valence-electron chi connectivity index (χ3n) is 5.18. The van der Waals surface area contributed by atoms with Gasteiger partial charge in [-0.2, -0.15) is 0 Å². The van der Waals surface area contributed by atoms with E-state index in [0.29, 0.717) is 6.10 Å². The highest BCUT2D eigenvalue weighted by Gasteiger charge is 2.17. The first-order valence-electron chi connectivity index (χ1n) is 9.37. The molecule has 2 aromatic heterocycles. The minimum atomic E-state index is 0.320. The molecular weight excluding hydrogens is 322 g/mol. The number of benzene rings is 1. The van der Waals surface area contributed by atoms with Crippen LogP contribution in [0.4, 0.5) is 0 Å². The average molecular weight is 347 g/mol. The second-order valence-corrected chi connectivity index (χ2v) is 7.09. The van der Waals surface area contributed by atoms with Gasteiger partial charge in [-0.05, 0) is 44.7 Å². The second kappa shape index (κ2) is 7.42. The fourth-order valence-electron chi connectivity index (χ4n) is 3.54. The van der Waals surface area contributed by atoms with E-state index < -0.39 is 0 Å². The van der Waals surface area contributed by atoms with Crippen LogP contribution in [0.1, 0.15) is 30.7 Å². The second-order valence-electron chi connectivity index (χ2n) is 7.09. The highest BCUT2D eigenvalue weighted by Crippen LogP contribution is 2.26. The Kier molecular flexibility index (Phi) is 4.85. The molecule has 1 fully saturated rings. The van der Waals surface area contributed by atoms with Gasteiger partial charge in [0.2, 0.25) is 0 Å². The van der Waals surface area contributed by atoms with Crippen molar-refractivity contribution in [1.29, 1.82) is 0 Å². The van der Waals surface area contributed by atoms with E-state index in [1.165, 1.54) is 24.1 Å². The summed E-state index contributed by atoms with van der Waals surface area (Å²) < 4.78 is 8.10. The summed E-state index contributed by atoms with van der Waals surface area (Å²) in [5.74, 6) is 0. The summed E-state index contributed by atoms with van der Waals surface area (Å²) in [4.78, 5) is 9.04. The molecule has 134 valence electrons. The van der Waals surface area contributed by atoms with E-state index in [4.69, 9.17) is 4.74 Å². The van der Waals surface area contributed by atoms with Crippen LogP contribution < -0.4 is 0 Å². The number of hydrogen-bond donors (Lipinski definition) is 0. The summed E-state index contributed by atoms with van der Waals surface area (Å²) in [6, 6.07) is 12.7. The number of rotatable bonds is 4. The first kappa shape index (κ1) is 17.0. The van der Waals surface area contributed by atoms with E-state index in [9.17, 15) is 0 Å². The molecular formula is C22H25N3O. The monoisotopic (exact) mass is 347 g/mol. The zero-order chi connectivity index (χ0) is 17.9. The number of nitrogens with zero attached hydrogens (tertiary/aromatic N) is 3. The fourth-order valence-corrected chi connectivity index (χ4v) is 3.54. The van der Waals surface area contributed by atoms with Crippen LogP contribution in [-0.2, 0) is 11.3 Å². The van der Waals surface area contributed by atoms with Crippen LogP contribution >= 0.6 is 0 Å². The van der Waals surface area contributed by atoms with Crippen LogP contribution in [0, 0.1) is 13.8 Å². The van der Waals surface area contributed by atoms with Gasteiger partial charge in [0.15, 0.2) is 0 Å². The Morgan fingerprint density at radius 1 is 0.962 bits per heavy atom. The Bertz CT molecular complexity index is 859. The number of pyridine rings is 1. The number of imidazole rings is 1. The van der Waals surface area contributed by atoms with Crippen molar-refractivity contribution in [3.63, 3.8) is 0 Å². The zero-order valence-electron chi connectivity index (χ0n) is 15.5. The summed E-state index contributed by atoms with van der Waals surface area (Å²) in [6.45, 7) is 5.93. The Morgan fingerprint density at radius 2 is 1.73 bits per heavy atom. The van der Waals surface area contributed by atoms with E-state index in [0.717, 1.165) is 42.1 Å². The molecule has 4 nitrogen and oxygen atoms in total. The van der Waals surface area contributed by atoms with Crippen LogP contribution in [0.25, 0.3) is 22.4 Å². The highest BCUT2D eigenvalue weighted by molar-refractivity contribution is 5.69. The molecule has 0 spiro atoms. The molecule has 0 amide bonds. The van der Waals surface area contributed by atoms with E-state index in [1.54, 1.807) is 0 Å². The van der Waals surface area contributed by atoms with Crippen LogP contribution in [-0.4, -0.2) is 27.2 Å². The molecule has 1 unspecified atom stereocenters. The first-order valence-corrected chi connectivity index (χ1v) is 9.37. The predicted molar refractivity (Wildman–Crippen MR) is 104 cm³/mol. The minimum Gasteiger partial charge on any atom is -0.376 e. The van der Waals surface area contributed by atoms with Crippen LogP contribution in [0.2, 0.25) is 0 Å². The topological polar surface area (TPSA) is 39.9 Å². The van der Waals surface area contributed by atoms with Crippen LogP contribution in [0.5, 0.6) is 0 Å². The molecule has 4 rings (SSSR count). The first-order chi connectivity index (χ1) is 12.7. The molecule has 1 atom stereocenters. The molecule has 0 radical (unpaired) electrons. The van der Waals surface area contributed by atoms with Crippen LogP contribution in [0.15, 0.2) is 48.9 Å². The van der Waals surface area contributed by atoms with E-state index in [2.05, 4.69) is 51.8 Å². The van der Waals surface area contributed by atoms with E-state index in [-0.39, 0.29) is 0 Å². The molecule has 1 saturated heterocycles. The third kappa shape index (κ3) is 3.56. The van der Waals surface area contributed by atoms with E-state index in [1.807, 2.05) is 25.5 Å². The van der Waals surface area contributed by atoms with Gasteiger partial charge in [0.1, 0.15) is 0 Å². The van der Waals surface area contributed by atoms with Crippen molar-refractivity contribution in [3.05, 3.63) is 60.3 Å². The van der Waals surface area contributed by atoms with E-state index >= 15 is 0 Å². The Balaban J connectivity index is 1.53. The minimum absolute atomic E-state index is 0.320. The summed E-state index contributed by atoms with van der Waals surface area (Å²) >= 11 is 0. The lowest BCUT2D eigenvalue weighted by Gasteiger charge is -2.23. The van der Waals surface area contributed by atoms with Gasteiger partial charge in [-0.3, -0.25) is 4.98 Å². The maximum atomic E-state index is 5.87. The van der Waals surface area contributed by atoms with Crippen molar-refractivity contribution < 1.29 is 4.74 Å². The van der Waals surface area contributed by atoms with Gasteiger partial charge >= 0.3 is 0 Å². The Morgan fingerprint density at radius 3 is 2.42 bits per heavy atom. The van der Waals surface area contributed by atoms with Gasteiger partial charge in [-0.15, -0.1) is 0 Å². The molecule has 4 heteroatoms. The number of aryl methyl sites for hydroxylation is 1. The largest absolute Gasteiger partial charge is 0.376 e. The number of hydrogen-bond acceptors (Lipinski definition) is 3. The maximum absolute atomic E-state index is 5.87. The zero-order valence-corrected chi connectivity index (χ0v) is 15.5. The number of ether oxygens (including phenoxy) is 1. The van der Waals surface area contributed by atoms with Gasteiger partial charge in [-0.1, -0.05) is 30.3 Å². The predicted octanol–water partition coefficient (Wildman–Crippen LogP) is 4.80. The van der Waals surface area contributed by atoms with Gasteiger partial charge in [-0.25, -0.2) is 4.98 Å². The summed E-state index contributed by atoms with van der Waals surface area (Å²) in [5.41, 5.74) is 6.74. The van der Waals surface area contributed by atoms with Crippen molar-refractivity contribution in [3.8, 4) is 22.4 Å². The molecule has 0 N–H and O–H groups in total. The SMILES string of the molecule is Cc1ccc(-c2ccc(-c3ncn(CC4CCCCO4)c3C)cc2)cn1. The molecule has 3 aromatic rings.